The average molecular weight is 284 g/mol. The summed E-state index contributed by atoms with van der Waals surface area (Å²) < 4.78 is 9.33. The van der Waals surface area contributed by atoms with Crippen molar-refractivity contribution in [3.63, 3.8) is 0 Å². The average Bonchev–Trinajstić information content (AvgIpc) is 2.29. The summed E-state index contributed by atoms with van der Waals surface area (Å²) >= 11 is 0. The molecule has 0 aliphatic carbocycles. The van der Waals surface area contributed by atoms with E-state index in [4.69, 9.17) is 20.0 Å². The van der Waals surface area contributed by atoms with Crippen molar-refractivity contribution in [3.8, 4) is 11.5 Å². The van der Waals surface area contributed by atoms with Gasteiger partial charge in [-0.1, -0.05) is 36.4 Å². The Labute approximate surface area is 112 Å². The number of para-hydroxylation sites is 2. The van der Waals surface area contributed by atoms with Crippen molar-refractivity contribution in [2.24, 2.45) is 0 Å². The van der Waals surface area contributed by atoms with E-state index in [0.717, 1.165) is 6.66 Å². The van der Waals surface area contributed by atoms with E-state index in [0.29, 0.717) is 11.5 Å². The molecule has 0 amide bonds. The van der Waals surface area contributed by atoms with Gasteiger partial charge in [0.15, 0.2) is 0 Å². The Hall–Kier alpha value is -1.81. The minimum atomic E-state index is -3.64. The zero-order chi connectivity index (χ0) is 14.7. The minimum absolute atomic E-state index is 0.322. The van der Waals surface area contributed by atoms with E-state index in [1.807, 2.05) is 12.1 Å². The highest BCUT2D eigenvalue weighted by Gasteiger charge is 1.95. The van der Waals surface area contributed by atoms with Gasteiger partial charge in [0.2, 0.25) is 0 Å². The topological polar surface area (TPSA) is 98.0 Å². The van der Waals surface area contributed by atoms with Gasteiger partial charge in [0.25, 0.3) is 0 Å². The third kappa shape index (κ3) is 16.2. The van der Waals surface area contributed by atoms with Gasteiger partial charge in [0, 0.05) is 6.66 Å². The van der Waals surface area contributed by atoms with Crippen molar-refractivity contribution >= 4 is 7.60 Å². The van der Waals surface area contributed by atoms with Crippen LogP contribution >= 0.6 is 7.60 Å². The van der Waals surface area contributed by atoms with Crippen LogP contribution in [0.15, 0.2) is 60.7 Å². The van der Waals surface area contributed by atoms with E-state index in [2.05, 4.69) is 0 Å². The van der Waals surface area contributed by atoms with Gasteiger partial charge in [-0.25, -0.2) is 0 Å². The normalized spacial score (nSPS) is 9.42. The van der Waals surface area contributed by atoms with Gasteiger partial charge in [0.05, 0.1) is 0 Å². The van der Waals surface area contributed by atoms with Crippen LogP contribution in [0.1, 0.15) is 0 Å². The third-order valence-corrected chi connectivity index (χ3v) is 1.51. The molecule has 5 nitrogen and oxygen atoms in total. The molecule has 0 aliphatic rings. The molecule has 0 saturated carbocycles. The fourth-order valence-corrected chi connectivity index (χ4v) is 0.856. The molecule has 6 heteroatoms. The second kappa shape index (κ2) is 9.16. The van der Waals surface area contributed by atoms with Crippen LogP contribution in [0.5, 0.6) is 11.5 Å². The third-order valence-electron chi connectivity index (χ3n) is 1.51. The van der Waals surface area contributed by atoms with Crippen molar-refractivity contribution in [2.45, 2.75) is 0 Å². The molecule has 0 atom stereocenters. The van der Waals surface area contributed by atoms with Crippen LogP contribution in [0.3, 0.4) is 0 Å². The number of phenols is 2. The maximum atomic E-state index is 9.33. The first-order valence-corrected chi connectivity index (χ1v) is 7.36. The smallest absolute Gasteiger partial charge is 0.322 e. The fourth-order valence-electron chi connectivity index (χ4n) is 0.856. The molecule has 2 aromatic rings. The summed E-state index contributed by atoms with van der Waals surface area (Å²) in [5.74, 6) is 0.644. The molecule has 4 N–H and O–H groups in total. The summed E-state index contributed by atoms with van der Waals surface area (Å²) in [6.07, 6.45) is 0. The molecule has 0 heterocycles. The largest absolute Gasteiger partial charge is 0.508 e. The van der Waals surface area contributed by atoms with Crippen LogP contribution in [0.25, 0.3) is 0 Å². The SMILES string of the molecule is CP(=O)(O)O.Oc1ccccc1.Oc1ccccc1. The molecule has 0 spiro atoms. The Morgan fingerprint density at radius 1 is 0.737 bits per heavy atom. The highest BCUT2D eigenvalue weighted by molar-refractivity contribution is 7.50. The fraction of sp³-hybridized carbons (Fsp3) is 0.0769. The van der Waals surface area contributed by atoms with Gasteiger partial charge in [-0.15, -0.1) is 0 Å². The Balaban J connectivity index is 0.000000261. The predicted molar refractivity (Wildman–Crippen MR) is 74.2 cm³/mol. The molecule has 2 aromatic carbocycles. The van der Waals surface area contributed by atoms with Gasteiger partial charge in [-0.3, -0.25) is 4.57 Å². The number of phenolic OH excluding ortho intramolecular Hbond substituents is 2. The van der Waals surface area contributed by atoms with Crippen LogP contribution in [-0.2, 0) is 4.57 Å². The van der Waals surface area contributed by atoms with Crippen LogP contribution in [0.4, 0.5) is 0 Å². The Kier molecular flexibility index (Phi) is 8.29. The summed E-state index contributed by atoms with van der Waals surface area (Å²) in [4.78, 5) is 15.3. The second-order valence-corrected chi connectivity index (χ2v) is 5.18. The quantitative estimate of drug-likeness (QED) is 0.557. The van der Waals surface area contributed by atoms with E-state index in [1.54, 1.807) is 48.5 Å². The zero-order valence-electron chi connectivity index (χ0n) is 10.4. The van der Waals surface area contributed by atoms with Crippen molar-refractivity contribution in [1.82, 2.24) is 0 Å². The molecule has 0 unspecified atom stereocenters. The molecule has 0 aromatic heterocycles. The van der Waals surface area contributed by atoms with Gasteiger partial charge in [0.1, 0.15) is 11.5 Å². The molecular formula is C13H17O5P. The molecule has 0 saturated heterocycles. The Morgan fingerprint density at radius 3 is 1.05 bits per heavy atom. The summed E-state index contributed by atoms with van der Waals surface area (Å²) in [6.45, 7) is 0.854. The number of hydrogen-bond donors (Lipinski definition) is 4. The molecule has 2 rings (SSSR count). The van der Waals surface area contributed by atoms with Crippen molar-refractivity contribution in [3.05, 3.63) is 60.7 Å². The highest BCUT2D eigenvalue weighted by atomic mass is 31.2. The molecule has 104 valence electrons. The van der Waals surface area contributed by atoms with Gasteiger partial charge in [-0.2, -0.15) is 0 Å². The second-order valence-electron chi connectivity index (χ2n) is 3.51. The predicted octanol–water partition coefficient (Wildman–Crippen LogP) is 2.58. The molecule has 0 fully saturated rings. The first kappa shape index (κ1) is 17.2. The van der Waals surface area contributed by atoms with Gasteiger partial charge < -0.3 is 20.0 Å². The Morgan fingerprint density at radius 2 is 0.947 bits per heavy atom. The van der Waals surface area contributed by atoms with Crippen LogP contribution in [0.2, 0.25) is 0 Å². The number of hydrogen-bond acceptors (Lipinski definition) is 3. The molecular weight excluding hydrogens is 267 g/mol. The number of rotatable bonds is 0. The maximum Gasteiger partial charge on any atom is 0.322 e. The van der Waals surface area contributed by atoms with Crippen LogP contribution < -0.4 is 0 Å². The summed E-state index contributed by atoms with van der Waals surface area (Å²) in [5, 5.41) is 17.3. The van der Waals surface area contributed by atoms with E-state index < -0.39 is 7.60 Å². The number of benzene rings is 2. The van der Waals surface area contributed by atoms with E-state index in [-0.39, 0.29) is 0 Å². The van der Waals surface area contributed by atoms with Crippen molar-refractivity contribution < 1.29 is 24.6 Å². The monoisotopic (exact) mass is 284 g/mol. The van der Waals surface area contributed by atoms with Gasteiger partial charge in [-0.05, 0) is 24.3 Å². The first-order valence-electron chi connectivity index (χ1n) is 5.30. The lowest BCUT2D eigenvalue weighted by molar-refractivity contribution is 0.381. The summed E-state index contributed by atoms with van der Waals surface area (Å²) in [7, 11) is -3.64. The van der Waals surface area contributed by atoms with Crippen molar-refractivity contribution in [2.75, 3.05) is 6.66 Å². The van der Waals surface area contributed by atoms with E-state index >= 15 is 0 Å². The van der Waals surface area contributed by atoms with Crippen LogP contribution in [0, 0.1) is 0 Å². The lowest BCUT2D eigenvalue weighted by Gasteiger charge is -1.84. The Bertz CT molecular complexity index is 435. The summed E-state index contributed by atoms with van der Waals surface area (Å²) in [6, 6.07) is 17.4. The maximum absolute atomic E-state index is 9.33. The van der Waals surface area contributed by atoms with E-state index in [9.17, 15) is 4.57 Å². The lowest BCUT2D eigenvalue weighted by atomic mass is 10.3. The standard InChI is InChI=1S/2C6H6O.CH5O3P/c2*7-6-4-2-1-3-5-6;1-5(2,3)4/h2*1-5,7H;1H3,(H2,2,3,4). The molecule has 0 aliphatic heterocycles. The summed E-state index contributed by atoms with van der Waals surface area (Å²) in [5.41, 5.74) is 0. The van der Waals surface area contributed by atoms with Crippen LogP contribution in [-0.4, -0.2) is 26.7 Å². The first-order chi connectivity index (χ1) is 8.79. The molecule has 0 bridgehead atoms. The van der Waals surface area contributed by atoms with E-state index in [1.165, 1.54) is 0 Å². The van der Waals surface area contributed by atoms with Crippen molar-refractivity contribution in [1.29, 1.82) is 0 Å². The lowest BCUT2D eigenvalue weighted by Crippen LogP contribution is -1.64. The van der Waals surface area contributed by atoms with Gasteiger partial charge >= 0.3 is 7.60 Å². The highest BCUT2D eigenvalue weighted by Crippen LogP contribution is 2.26. The minimum Gasteiger partial charge on any atom is -0.508 e. The zero-order valence-corrected chi connectivity index (χ0v) is 11.3. The number of aromatic hydroxyl groups is 2. The molecule has 19 heavy (non-hydrogen) atoms. The molecule has 0 radical (unpaired) electrons.